The van der Waals surface area contributed by atoms with Crippen molar-refractivity contribution in [3.63, 3.8) is 0 Å². The zero-order valence-corrected chi connectivity index (χ0v) is 19.8. The fraction of sp³-hybridized carbons (Fsp3) is 0.542. The first-order chi connectivity index (χ1) is 15.1. The number of aryl methyl sites for hydroxylation is 2. The molecule has 1 aromatic heterocycles. The van der Waals surface area contributed by atoms with Gasteiger partial charge in [-0.2, -0.15) is 0 Å². The molecule has 2 aromatic rings. The van der Waals surface area contributed by atoms with Crippen LogP contribution in [0.5, 0.6) is 5.75 Å². The highest BCUT2D eigenvalue weighted by molar-refractivity contribution is 5.87. The highest BCUT2D eigenvalue weighted by Crippen LogP contribution is 2.23. The van der Waals surface area contributed by atoms with Gasteiger partial charge in [-0.15, -0.1) is 0 Å². The normalized spacial score (nSPS) is 17.4. The SMILES string of the molecule is COc1cccc(CN2C[C@@H](OCc3c(C)noc3C)CN(C(=O)C(C)(C)C)CC2=O)c1. The number of ether oxygens (including phenoxy) is 2. The van der Waals surface area contributed by atoms with Gasteiger partial charge in [0, 0.05) is 30.6 Å². The second-order valence-electron chi connectivity index (χ2n) is 9.30. The van der Waals surface area contributed by atoms with E-state index in [1.54, 1.807) is 16.9 Å². The molecule has 1 atom stereocenters. The molecule has 1 saturated heterocycles. The maximum Gasteiger partial charge on any atom is 0.242 e. The number of amides is 2. The molecule has 0 unspecified atom stereocenters. The van der Waals surface area contributed by atoms with Crippen LogP contribution in [0.2, 0.25) is 0 Å². The Hall–Kier alpha value is -2.87. The van der Waals surface area contributed by atoms with Crippen molar-refractivity contribution in [2.75, 3.05) is 26.7 Å². The Morgan fingerprint density at radius 1 is 1.25 bits per heavy atom. The van der Waals surface area contributed by atoms with E-state index in [2.05, 4.69) is 5.16 Å². The molecule has 1 aliphatic heterocycles. The Bertz CT molecular complexity index is 943. The van der Waals surface area contributed by atoms with Gasteiger partial charge < -0.3 is 23.8 Å². The Labute approximate surface area is 189 Å². The summed E-state index contributed by atoms with van der Waals surface area (Å²) in [5, 5.41) is 3.98. The van der Waals surface area contributed by atoms with Crippen LogP contribution in [-0.4, -0.2) is 59.6 Å². The second kappa shape index (κ2) is 9.73. The molecule has 32 heavy (non-hydrogen) atoms. The molecule has 8 nitrogen and oxygen atoms in total. The molecule has 0 spiro atoms. The molecule has 8 heteroatoms. The van der Waals surface area contributed by atoms with Crippen LogP contribution >= 0.6 is 0 Å². The van der Waals surface area contributed by atoms with Crippen LogP contribution in [0.15, 0.2) is 28.8 Å². The summed E-state index contributed by atoms with van der Waals surface area (Å²) in [7, 11) is 1.62. The molecule has 2 heterocycles. The highest BCUT2D eigenvalue weighted by Gasteiger charge is 2.35. The quantitative estimate of drug-likeness (QED) is 0.682. The molecule has 0 bridgehead atoms. The number of hydrogen-bond donors (Lipinski definition) is 0. The van der Waals surface area contributed by atoms with E-state index >= 15 is 0 Å². The van der Waals surface area contributed by atoms with Crippen LogP contribution < -0.4 is 4.74 Å². The first-order valence-electron chi connectivity index (χ1n) is 10.8. The Balaban J connectivity index is 1.81. The number of hydrogen-bond acceptors (Lipinski definition) is 6. The third kappa shape index (κ3) is 5.68. The summed E-state index contributed by atoms with van der Waals surface area (Å²) in [6.45, 7) is 10.8. The fourth-order valence-electron chi connectivity index (χ4n) is 3.77. The third-order valence-electron chi connectivity index (χ3n) is 5.61. The lowest BCUT2D eigenvalue weighted by Crippen LogP contribution is -2.45. The van der Waals surface area contributed by atoms with E-state index in [-0.39, 0.29) is 24.5 Å². The van der Waals surface area contributed by atoms with Crippen LogP contribution in [0.3, 0.4) is 0 Å². The van der Waals surface area contributed by atoms with E-state index < -0.39 is 5.41 Å². The van der Waals surface area contributed by atoms with Crippen molar-refractivity contribution in [2.24, 2.45) is 5.41 Å². The number of rotatable bonds is 6. The Morgan fingerprint density at radius 3 is 2.62 bits per heavy atom. The van der Waals surface area contributed by atoms with Crippen molar-refractivity contribution < 1.29 is 23.6 Å². The van der Waals surface area contributed by atoms with Crippen molar-refractivity contribution in [3.8, 4) is 5.75 Å². The number of methoxy groups -OCH3 is 1. The average Bonchev–Trinajstić information content (AvgIpc) is 2.97. The standard InChI is InChI=1S/C24H33N3O5/c1-16-21(17(2)32-25-16)15-31-20-12-26(11-18-8-7-9-19(10-18)30-6)22(28)14-27(13-20)23(29)24(3,4)5/h7-10,20H,11-15H2,1-6H3/t20-/m1/s1. The van der Waals surface area contributed by atoms with Gasteiger partial charge in [0.25, 0.3) is 0 Å². The minimum absolute atomic E-state index is 0.0330. The lowest BCUT2D eigenvalue weighted by Gasteiger charge is -2.29. The molecule has 0 aliphatic carbocycles. The summed E-state index contributed by atoms with van der Waals surface area (Å²) in [5.41, 5.74) is 2.04. The van der Waals surface area contributed by atoms with Gasteiger partial charge in [-0.25, -0.2) is 0 Å². The van der Waals surface area contributed by atoms with Crippen LogP contribution in [-0.2, 0) is 27.5 Å². The maximum absolute atomic E-state index is 13.1. The van der Waals surface area contributed by atoms with Gasteiger partial charge in [-0.05, 0) is 31.5 Å². The number of nitrogens with zero attached hydrogens (tertiary/aromatic N) is 3. The average molecular weight is 444 g/mol. The topological polar surface area (TPSA) is 85.1 Å². The summed E-state index contributed by atoms with van der Waals surface area (Å²) >= 11 is 0. The van der Waals surface area contributed by atoms with Crippen LogP contribution in [0.25, 0.3) is 0 Å². The molecule has 1 fully saturated rings. The van der Waals surface area contributed by atoms with Crippen LogP contribution in [0.1, 0.15) is 43.4 Å². The number of carbonyl (C=O) groups excluding carboxylic acids is 2. The molecule has 3 rings (SSSR count). The van der Waals surface area contributed by atoms with Gasteiger partial charge >= 0.3 is 0 Å². The summed E-state index contributed by atoms with van der Waals surface area (Å²) in [5.74, 6) is 1.28. The first-order valence-corrected chi connectivity index (χ1v) is 10.8. The largest absolute Gasteiger partial charge is 0.497 e. The van der Waals surface area contributed by atoms with Crippen molar-refractivity contribution in [1.29, 1.82) is 0 Å². The summed E-state index contributed by atoms with van der Waals surface area (Å²) in [6.07, 6.45) is -0.341. The molecular weight excluding hydrogens is 410 g/mol. The molecule has 0 saturated carbocycles. The van der Waals surface area contributed by atoms with E-state index in [4.69, 9.17) is 14.0 Å². The zero-order chi connectivity index (χ0) is 23.5. The van der Waals surface area contributed by atoms with Gasteiger partial charge in [-0.3, -0.25) is 9.59 Å². The monoisotopic (exact) mass is 443 g/mol. The van der Waals surface area contributed by atoms with Crippen molar-refractivity contribution >= 4 is 11.8 Å². The fourth-order valence-corrected chi connectivity index (χ4v) is 3.77. The Morgan fingerprint density at radius 2 is 2.00 bits per heavy atom. The molecule has 1 aromatic carbocycles. The smallest absolute Gasteiger partial charge is 0.242 e. The Kier molecular flexibility index (Phi) is 7.23. The van der Waals surface area contributed by atoms with Gasteiger partial charge in [0.15, 0.2) is 0 Å². The highest BCUT2D eigenvalue weighted by atomic mass is 16.5. The molecule has 0 N–H and O–H groups in total. The van der Waals surface area contributed by atoms with Crippen LogP contribution in [0, 0.1) is 19.3 Å². The van der Waals surface area contributed by atoms with Gasteiger partial charge in [-0.1, -0.05) is 38.1 Å². The van der Waals surface area contributed by atoms with Crippen molar-refractivity contribution in [1.82, 2.24) is 15.0 Å². The van der Waals surface area contributed by atoms with E-state index in [1.165, 1.54) is 0 Å². The summed E-state index contributed by atoms with van der Waals surface area (Å²) in [4.78, 5) is 29.5. The number of aromatic nitrogens is 1. The second-order valence-corrected chi connectivity index (χ2v) is 9.30. The number of carbonyl (C=O) groups is 2. The number of benzene rings is 1. The third-order valence-corrected chi connectivity index (χ3v) is 5.61. The zero-order valence-electron chi connectivity index (χ0n) is 19.8. The minimum Gasteiger partial charge on any atom is -0.497 e. The lowest BCUT2D eigenvalue weighted by molar-refractivity contribution is -0.144. The van der Waals surface area contributed by atoms with E-state index in [9.17, 15) is 9.59 Å². The van der Waals surface area contributed by atoms with Gasteiger partial charge in [0.2, 0.25) is 11.8 Å². The van der Waals surface area contributed by atoms with Gasteiger partial charge in [0.05, 0.1) is 32.1 Å². The predicted molar refractivity (Wildman–Crippen MR) is 119 cm³/mol. The lowest BCUT2D eigenvalue weighted by atomic mass is 9.94. The molecular formula is C24H33N3O5. The molecule has 0 radical (unpaired) electrons. The predicted octanol–water partition coefficient (Wildman–Crippen LogP) is 3.10. The van der Waals surface area contributed by atoms with Crippen molar-refractivity contribution in [2.45, 2.75) is 53.9 Å². The van der Waals surface area contributed by atoms with Gasteiger partial charge in [0.1, 0.15) is 11.5 Å². The van der Waals surface area contributed by atoms with E-state index in [0.717, 1.165) is 22.6 Å². The minimum atomic E-state index is -0.589. The van der Waals surface area contributed by atoms with E-state index in [0.29, 0.717) is 32.0 Å². The molecule has 174 valence electrons. The van der Waals surface area contributed by atoms with Crippen molar-refractivity contribution in [3.05, 3.63) is 46.8 Å². The molecule has 2 amide bonds. The summed E-state index contributed by atoms with van der Waals surface area (Å²) < 4.78 is 16.8. The van der Waals surface area contributed by atoms with E-state index in [1.807, 2.05) is 58.9 Å². The maximum atomic E-state index is 13.1. The summed E-state index contributed by atoms with van der Waals surface area (Å²) in [6, 6.07) is 7.64. The van der Waals surface area contributed by atoms with Crippen LogP contribution in [0.4, 0.5) is 0 Å². The molecule has 1 aliphatic rings. The first kappa shape index (κ1) is 23.8.